The molecule has 2 saturated heterocycles. The Morgan fingerprint density at radius 2 is 1.50 bits per heavy atom. The number of rotatable bonds is 6. The van der Waals surface area contributed by atoms with Crippen LogP contribution in [0.25, 0.3) is 22.3 Å². The topological polar surface area (TPSA) is 249 Å². The second-order valence-electron chi connectivity index (χ2n) is 10.1. The molecule has 2 fully saturated rings. The molecular formula is C27H30O15. The molecule has 0 saturated carbocycles. The number of phenolic OH excluding ortho intramolecular Hbond substituents is 3. The summed E-state index contributed by atoms with van der Waals surface area (Å²) in [6.07, 6.45) is -16.1. The Balaban J connectivity index is 1.51. The van der Waals surface area contributed by atoms with Gasteiger partial charge in [-0.3, -0.25) is 4.79 Å². The Kier molecular flexibility index (Phi) is 8.30. The highest BCUT2D eigenvalue weighted by molar-refractivity contribution is 5.89. The van der Waals surface area contributed by atoms with Crippen molar-refractivity contribution in [1.82, 2.24) is 0 Å². The van der Waals surface area contributed by atoms with Crippen molar-refractivity contribution in [2.75, 3.05) is 6.61 Å². The summed E-state index contributed by atoms with van der Waals surface area (Å²) >= 11 is 0. The van der Waals surface area contributed by atoms with Gasteiger partial charge in [0.05, 0.1) is 12.7 Å². The van der Waals surface area contributed by atoms with Crippen molar-refractivity contribution < 1.29 is 69.3 Å². The van der Waals surface area contributed by atoms with Gasteiger partial charge in [0.2, 0.25) is 12.0 Å². The van der Waals surface area contributed by atoms with Crippen molar-refractivity contribution in [3.05, 3.63) is 46.6 Å². The third-order valence-corrected chi connectivity index (χ3v) is 7.25. The highest BCUT2D eigenvalue weighted by Crippen LogP contribution is 2.43. The third-order valence-electron chi connectivity index (χ3n) is 7.25. The van der Waals surface area contributed by atoms with Gasteiger partial charge in [0.25, 0.3) is 0 Å². The van der Waals surface area contributed by atoms with Gasteiger partial charge < -0.3 is 69.3 Å². The fraction of sp³-hybridized carbons (Fsp3) is 0.444. The van der Waals surface area contributed by atoms with Crippen LogP contribution in [0.15, 0.2) is 45.6 Å². The van der Waals surface area contributed by atoms with Gasteiger partial charge >= 0.3 is 0 Å². The van der Waals surface area contributed by atoms with E-state index in [4.69, 9.17) is 23.4 Å². The van der Waals surface area contributed by atoms with Crippen molar-refractivity contribution >= 4 is 11.0 Å². The maximum atomic E-state index is 12.8. The number of aliphatic hydroxyl groups excluding tert-OH is 6. The predicted octanol–water partition coefficient (Wildman–Crippen LogP) is -1.39. The molecule has 1 aromatic heterocycles. The van der Waals surface area contributed by atoms with Crippen molar-refractivity contribution in [2.24, 2.45) is 0 Å². The summed E-state index contributed by atoms with van der Waals surface area (Å²) in [5.41, 5.74) is -0.548. The number of fused-ring (bicyclic) bond motifs is 1. The fourth-order valence-corrected chi connectivity index (χ4v) is 4.83. The molecule has 0 spiro atoms. The summed E-state index contributed by atoms with van der Waals surface area (Å²) in [7, 11) is 0. The molecule has 2 aliphatic rings. The van der Waals surface area contributed by atoms with E-state index in [9.17, 15) is 50.8 Å². The summed E-state index contributed by atoms with van der Waals surface area (Å²) in [6.45, 7) is 0.611. The molecule has 15 heteroatoms. The maximum Gasteiger partial charge on any atom is 0.229 e. The molecule has 0 aliphatic carbocycles. The first-order chi connectivity index (χ1) is 19.9. The fourth-order valence-electron chi connectivity index (χ4n) is 4.83. The van der Waals surface area contributed by atoms with E-state index in [0.29, 0.717) is 5.56 Å². The standard InChI is InChI=1S/C27H30O15/c1-9-18(31)22(35)24(37)26(38-9)42-25-23(36)20(33)16(8-28)41-27(25)40-15-7-14-17(21(34)19(15)32)12(30)6-13(39-14)10-2-4-11(29)5-3-10/h2-7,9,16,18,20,22-29,31-37H,8H2,1H3/t9-,16+,18-,20+,22+,23-,24+,25+,26-,27+/m0/s1. The molecular weight excluding hydrogens is 564 g/mol. The van der Waals surface area contributed by atoms with Gasteiger partial charge in [-0.25, -0.2) is 0 Å². The SMILES string of the molecule is C[C@@H]1O[C@@H](O[C@H]2[C@H](Oc3cc4oc(-c5ccc(O)cc5)cc(=O)c4c(O)c3O)O[C@H](CO)[C@@H](O)[C@@H]2O)[C@H](O)[C@H](O)[C@H]1O. The number of aliphatic hydroxyl groups is 6. The zero-order valence-corrected chi connectivity index (χ0v) is 21.9. The number of hydrogen-bond donors (Lipinski definition) is 9. The van der Waals surface area contributed by atoms with Crippen LogP contribution in [0.3, 0.4) is 0 Å². The van der Waals surface area contributed by atoms with Crippen LogP contribution in [0, 0.1) is 0 Å². The molecule has 42 heavy (non-hydrogen) atoms. The van der Waals surface area contributed by atoms with E-state index in [2.05, 4.69) is 0 Å². The minimum Gasteiger partial charge on any atom is -0.508 e. The monoisotopic (exact) mass is 594 g/mol. The van der Waals surface area contributed by atoms with Crippen LogP contribution < -0.4 is 10.2 Å². The first kappa shape index (κ1) is 30.0. The Labute approximate surface area is 236 Å². The van der Waals surface area contributed by atoms with Crippen LogP contribution >= 0.6 is 0 Å². The number of ether oxygens (including phenoxy) is 4. The molecule has 0 bridgehead atoms. The predicted molar refractivity (Wildman–Crippen MR) is 139 cm³/mol. The first-order valence-corrected chi connectivity index (χ1v) is 12.9. The molecule has 15 nitrogen and oxygen atoms in total. The van der Waals surface area contributed by atoms with Gasteiger partial charge in [0.1, 0.15) is 59.1 Å². The lowest BCUT2D eigenvalue weighted by atomic mass is 9.97. The number of benzene rings is 2. The van der Waals surface area contributed by atoms with Crippen LogP contribution in [0.4, 0.5) is 0 Å². The van der Waals surface area contributed by atoms with Gasteiger partial charge in [-0.15, -0.1) is 0 Å². The molecule has 0 unspecified atom stereocenters. The Morgan fingerprint density at radius 3 is 2.17 bits per heavy atom. The molecule has 2 aliphatic heterocycles. The van der Waals surface area contributed by atoms with E-state index in [1.807, 2.05) is 0 Å². The van der Waals surface area contributed by atoms with Crippen LogP contribution in [0.1, 0.15) is 6.92 Å². The summed E-state index contributed by atoms with van der Waals surface area (Å²) < 4.78 is 28.1. The highest BCUT2D eigenvalue weighted by Gasteiger charge is 2.51. The molecule has 10 atom stereocenters. The highest BCUT2D eigenvalue weighted by atomic mass is 16.8. The summed E-state index contributed by atoms with van der Waals surface area (Å²) in [6, 6.07) is 7.83. The first-order valence-electron chi connectivity index (χ1n) is 12.9. The second kappa shape index (κ2) is 11.6. The molecule has 5 rings (SSSR count). The van der Waals surface area contributed by atoms with E-state index in [1.165, 1.54) is 31.2 Å². The van der Waals surface area contributed by atoms with E-state index in [-0.39, 0.29) is 22.5 Å². The smallest absolute Gasteiger partial charge is 0.229 e. The second-order valence-corrected chi connectivity index (χ2v) is 10.1. The largest absolute Gasteiger partial charge is 0.508 e. The van der Waals surface area contributed by atoms with Crippen LogP contribution in [-0.2, 0) is 14.2 Å². The number of phenols is 3. The quantitative estimate of drug-likeness (QED) is 0.149. The average molecular weight is 595 g/mol. The van der Waals surface area contributed by atoms with Crippen molar-refractivity contribution in [2.45, 2.75) is 68.3 Å². The van der Waals surface area contributed by atoms with Gasteiger partial charge in [0.15, 0.2) is 29.3 Å². The van der Waals surface area contributed by atoms with Gasteiger partial charge in [0, 0.05) is 17.7 Å². The lowest BCUT2D eigenvalue weighted by Gasteiger charge is -2.45. The maximum absolute atomic E-state index is 12.8. The van der Waals surface area contributed by atoms with Crippen LogP contribution in [-0.4, -0.2) is 114 Å². The lowest BCUT2D eigenvalue weighted by molar-refractivity contribution is -0.354. The van der Waals surface area contributed by atoms with E-state index in [1.54, 1.807) is 0 Å². The third kappa shape index (κ3) is 5.37. The molecule has 0 radical (unpaired) electrons. The van der Waals surface area contributed by atoms with Gasteiger partial charge in [-0.2, -0.15) is 0 Å². The molecule has 9 N–H and O–H groups in total. The zero-order chi connectivity index (χ0) is 30.5. The summed E-state index contributed by atoms with van der Waals surface area (Å²) in [4.78, 5) is 12.8. The van der Waals surface area contributed by atoms with E-state index in [0.717, 1.165) is 12.1 Å². The molecule has 228 valence electrons. The van der Waals surface area contributed by atoms with Gasteiger partial charge in [-0.05, 0) is 31.2 Å². The lowest BCUT2D eigenvalue weighted by Crippen LogP contribution is -2.64. The zero-order valence-electron chi connectivity index (χ0n) is 21.9. The number of aromatic hydroxyl groups is 3. The van der Waals surface area contributed by atoms with E-state index < -0.39 is 90.7 Å². The molecule has 3 heterocycles. The molecule has 3 aromatic rings. The summed E-state index contributed by atoms with van der Waals surface area (Å²) in [5.74, 6) is -2.33. The van der Waals surface area contributed by atoms with Crippen molar-refractivity contribution in [1.29, 1.82) is 0 Å². The van der Waals surface area contributed by atoms with Crippen LogP contribution in [0.2, 0.25) is 0 Å². The average Bonchev–Trinajstić information content (AvgIpc) is 2.96. The Hall–Kier alpha value is -3.51. The normalized spacial score (nSPS) is 33.5. The van der Waals surface area contributed by atoms with Crippen LogP contribution in [0.5, 0.6) is 23.0 Å². The number of hydrogen-bond acceptors (Lipinski definition) is 15. The van der Waals surface area contributed by atoms with Crippen molar-refractivity contribution in [3.8, 4) is 34.3 Å². The Morgan fingerprint density at radius 1 is 0.810 bits per heavy atom. The minimum atomic E-state index is -1.84. The summed E-state index contributed by atoms with van der Waals surface area (Å²) in [5, 5.41) is 91.9. The van der Waals surface area contributed by atoms with E-state index >= 15 is 0 Å². The van der Waals surface area contributed by atoms with Crippen molar-refractivity contribution in [3.63, 3.8) is 0 Å². The minimum absolute atomic E-state index is 0.0239. The Bertz CT molecular complexity index is 1470. The molecule has 2 aromatic carbocycles. The molecule has 0 amide bonds. The van der Waals surface area contributed by atoms with Gasteiger partial charge in [-0.1, -0.05) is 0 Å².